The van der Waals surface area contributed by atoms with Crippen LogP contribution in [0.5, 0.6) is 0 Å². The summed E-state index contributed by atoms with van der Waals surface area (Å²) in [4.78, 5) is 0. The van der Waals surface area contributed by atoms with Crippen molar-refractivity contribution in [3.8, 4) is 0 Å². The van der Waals surface area contributed by atoms with Gasteiger partial charge >= 0.3 is 0 Å². The SMILES string of the molecule is Cc1cccc(C(Cc2ccc(F)cc2Cl)NN)c1I. The maximum absolute atomic E-state index is 13.1. The van der Waals surface area contributed by atoms with Crippen LogP contribution in [0, 0.1) is 16.3 Å². The second-order valence-electron chi connectivity index (χ2n) is 4.64. The molecule has 0 spiro atoms. The fourth-order valence-corrected chi connectivity index (χ4v) is 3.08. The van der Waals surface area contributed by atoms with E-state index in [9.17, 15) is 4.39 Å². The first kappa shape index (κ1) is 15.7. The molecule has 1 atom stereocenters. The fourth-order valence-electron chi connectivity index (χ4n) is 2.11. The van der Waals surface area contributed by atoms with Gasteiger partial charge in [-0.25, -0.2) is 4.39 Å². The van der Waals surface area contributed by atoms with Crippen LogP contribution in [0.3, 0.4) is 0 Å². The fraction of sp³-hybridized carbons (Fsp3) is 0.200. The Morgan fingerprint density at radius 3 is 2.75 bits per heavy atom. The van der Waals surface area contributed by atoms with Gasteiger partial charge in [0.15, 0.2) is 0 Å². The van der Waals surface area contributed by atoms with Crippen LogP contribution in [0.2, 0.25) is 5.02 Å². The van der Waals surface area contributed by atoms with Gasteiger partial charge in [-0.3, -0.25) is 11.3 Å². The molecule has 0 saturated carbocycles. The molecule has 0 radical (unpaired) electrons. The van der Waals surface area contributed by atoms with Crippen LogP contribution in [0.25, 0.3) is 0 Å². The molecule has 0 heterocycles. The summed E-state index contributed by atoms with van der Waals surface area (Å²) in [6.07, 6.45) is 0.606. The molecule has 106 valence electrons. The lowest BCUT2D eigenvalue weighted by atomic mass is 9.98. The Hall–Kier alpha value is -0.690. The minimum Gasteiger partial charge on any atom is -0.271 e. The first-order chi connectivity index (χ1) is 9.52. The minimum absolute atomic E-state index is 0.0650. The van der Waals surface area contributed by atoms with Gasteiger partial charge in [-0.15, -0.1) is 0 Å². The zero-order chi connectivity index (χ0) is 14.7. The van der Waals surface area contributed by atoms with Crippen molar-refractivity contribution in [2.24, 2.45) is 5.84 Å². The molecule has 2 rings (SSSR count). The lowest BCUT2D eigenvalue weighted by Crippen LogP contribution is -2.30. The number of hydrogen-bond donors (Lipinski definition) is 2. The van der Waals surface area contributed by atoms with E-state index in [1.807, 2.05) is 12.1 Å². The molecule has 20 heavy (non-hydrogen) atoms. The van der Waals surface area contributed by atoms with Crippen LogP contribution >= 0.6 is 34.2 Å². The molecular formula is C15H15ClFIN2. The van der Waals surface area contributed by atoms with Crippen LogP contribution in [0.4, 0.5) is 4.39 Å². The Balaban J connectivity index is 2.31. The quantitative estimate of drug-likeness (QED) is 0.457. The average Bonchev–Trinajstić information content (AvgIpc) is 2.42. The summed E-state index contributed by atoms with van der Waals surface area (Å²) in [6.45, 7) is 2.06. The van der Waals surface area contributed by atoms with Crippen molar-refractivity contribution in [3.05, 3.63) is 67.5 Å². The maximum Gasteiger partial charge on any atom is 0.124 e. The van der Waals surface area contributed by atoms with Gasteiger partial charge in [0.25, 0.3) is 0 Å². The van der Waals surface area contributed by atoms with Crippen molar-refractivity contribution in [2.45, 2.75) is 19.4 Å². The summed E-state index contributed by atoms with van der Waals surface area (Å²) in [5.74, 6) is 5.35. The van der Waals surface area contributed by atoms with Gasteiger partial charge in [0.2, 0.25) is 0 Å². The maximum atomic E-state index is 13.1. The van der Waals surface area contributed by atoms with Gasteiger partial charge < -0.3 is 0 Å². The smallest absolute Gasteiger partial charge is 0.124 e. The van der Waals surface area contributed by atoms with E-state index in [1.54, 1.807) is 6.07 Å². The van der Waals surface area contributed by atoms with Gasteiger partial charge in [-0.2, -0.15) is 0 Å². The van der Waals surface area contributed by atoms with Crippen molar-refractivity contribution >= 4 is 34.2 Å². The number of rotatable bonds is 4. The van der Waals surface area contributed by atoms with Crippen LogP contribution in [0.15, 0.2) is 36.4 Å². The molecule has 0 aliphatic rings. The third-order valence-corrected chi connectivity index (χ3v) is 5.06. The van der Waals surface area contributed by atoms with E-state index >= 15 is 0 Å². The van der Waals surface area contributed by atoms with E-state index in [1.165, 1.54) is 21.3 Å². The third-order valence-electron chi connectivity index (χ3n) is 3.24. The molecular weight excluding hydrogens is 390 g/mol. The zero-order valence-electron chi connectivity index (χ0n) is 11.0. The van der Waals surface area contributed by atoms with Gasteiger partial charge in [0.05, 0.1) is 6.04 Å². The zero-order valence-corrected chi connectivity index (χ0v) is 13.9. The Labute approximate surface area is 136 Å². The Morgan fingerprint density at radius 1 is 1.35 bits per heavy atom. The standard InChI is InChI=1S/C15H15ClFIN2/c1-9-3-2-4-12(15(9)18)14(20-19)7-10-5-6-11(17)8-13(10)16/h2-6,8,14,20H,7,19H2,1H3. The number of aryl methyl sites for hydroxylation is 1. The molecule has 0 amide bonds. The molecule has 0 fully saturated rings. The molecule has 0 saturated heterocycles. The van der Waals surface area contributed by atoms with Crippen LogP contribution in [-0.4, -0.2) is 0 Å². The lowest BCUT2D eigenvalue weighted by molar-refractivity contribution is 0.548. The molecule has 3 N–H and O–H groups in total. The van der Waals surface area contributed by atoms with Gasteiger partial charge in [-0.1, -0.05) is 35.9 Å². The molecule has 2 aromatic rings. The summed E-state index contributed by atoms with van der Waals surface area (Å²) < 4.78 is 14.3. The average molecular weight is 405 g/mol. The number of benzene rings is 2. The lowest BCUT2D eigenvalue weighted by Gasteiger charge is -2.19. The second-order valence-corrected chi connectivity index (χ2v) is 6.12. The number of halogens is 3. The normalized spacial score (nSPS) is 12.4. The molecule has 0 bridgehead atoms. The molecule has 0 aliphatic heterocycles. The van der Waals surface area contributed by atoms with E-state index in [-0.39, 0.29) is 11.9 Å². The van der Waals surface area contributed by atoms with Crippen molar-refractivity contribution in [2.75, 3.05) is 0 Å². The van der Waals surface area contributed by atoms with Crippen LogP contribution < -0.4 is 11.3 Å². The molecule has 2 aromatic carbocycles. The Bertz CT molecular complexity index is 619. The predicted molar refractivity (Wildman–Crippen MR) is 89.1 cm³/mol. The van der Waals surface area contributed by atoms with E-state index in [0.29, 0.717) is 11.4 Å². The van der Waals surface area contributed by atoms with Crippen LogP contribution in [-0.2, 0) is 6.42 Å². The van der Waals surface area contributed by atoms with Crippen molar-refractivity contribution < 1.29 is 4.39 Å². The Kier molecular flexibility index (Phi) is 5.37. The minimum atomic E-state index is -0.332. The van der Waals surface area contributed by atoms with Gasteiger partial charge in [0, 0.05) is 8.59 Å². The number of nitrogens with two attached hydrogens (primary N) is 1. The highest BCUT2D eigenvalue weighted by Gasteiger charge is 2.16. The first-order valence-electron chi connectivity index (χ1n) is 6.18. The van der Waals surface area contributed by atoms with E-state index in [2.05, 4.69) is 41.0 Å². The Morgan fingerprint density at radius 2 is 2.10 bits per heavy atom. The highest BCUT2D eigenvalue weighted by Crippen LogP contribution is 2.28. The van der Waals surface area contributed by atoms with E-state index < -0.39 is 0 Å². The van der Waals surface area contributed by atoms with Crippen molar-refractivity contribution in [1.82, 2.24) is 5.43 Å². The third kappa shape index (κ3) is 3.49. The van der Waals surface area contributed by atoms with Crippen molar-refractivity contribution in [1.29, 1.82) is 0 Å². The van der Waals surface area contributed by atoms with E-state index in [4.69, 9.17) is 17.4 Å². The predicted octanol–water partition coefficient (Wildman–Crippen LogP) is 4.14. The largest absolute Gasteiger partial charge is 0.271 e. The summed E-state index contributed by atoms with van der Waals surface area (Å²) in [6, 6.07) is 10.5. The first-order valence-corrected chi connectivity index (χ1v) is 7.63. The van der Waals surface area contributed by atoms with Crippen LogP contribution in [0.1, 0.15) is 22.7 Å². The summed E-state index contributed by atoms with van der Waals surface area (Å²) >= 11 is 8.39. The number of nitrogens with one attached hydrogen (secondary N) is 1. The van der Waals surface area contributed by atoms with Crippen molar-refractivity contribution in [3.63, 3.8) is 0 Å². The number of hydrogen-bond acceptors (Lipinski definition) is 2. The van der Waals surface area contributed by atoms with Gasteiger partial charge in [-0.05, 0) is 64.8 Å². The van der Waals surface area contributed by atoms with Gasteiger partial charge in [0.1, 0.15) is 5.82 Å². The molecule has 0 aliphatic carbocycles. The molecule has 2 nitrogen and oxygen atoms in total. The summed E-state index contributed by atoms with van der Waals surface area (Å²) in [5.41, 5.74) is 6.01. The second kappa shape index (κ2) is 6.85. The molecule has 0 aromatic heterocycles. The highest BCUT2D eigenvalue weighted by molar-refractivity contribution is 14.1. The topological polar surface area (TPSA) is 38.0 Å². The van der Waals surface area contributed by atoms with E-state index in [0.717, 1.165) is 11.1 Å². The highest BCUT2D eigenvalue weighted by atomic mass is 127. The molecule has 1 unspecified atom stereocenters. The monoisotopic (exact) mass is 404 g/mol. The number of hydrazine groups is 1. The molecule has 5 heteroatoms. The summed E-state index contributed by atoms with van der Waals surface area (Å²) in [7, 11) is 0. The summed E-state index contributed by atoms with van der Waals surface area (Å²) in [5, 5.41) is 0.424.